The molecule has 0 aromatic rings. The Balaban J connectivity index is 2.69. The summed E-state index contributed by atoms with van der Waals surface area (Å²) in [6.45, 7) is 3.47. The summed E-state index contributed by atoms with van der Waals surface area (Å²) in [5.41, 5.74) is 0. The van der Waals surface area contributed by atoms with E-state index in [1.165, 1.54) is 6.42 Å². The topological polar surface area (TPSA) is 44.3 Å². The van der Waals surface area contributed by atoms with Gasteiger partial charge in [-0.25, -0.2) is 0 Å². The van der Waals surface area contributed by atoms with Crippen LogP contribution in [0.2, 0.25) is 0 Å². The van der Waals surface area contributed by atoms with Crippen LogP contribution < -0.4 is 10.6 Å². The summed E-state index contributed by atoms with van der Waals surface area (Å²) in [7, 11) is 1.95. The normalized spacial score (nSPS) is 10.4. The van der Waals surface area contributed by atoms with Crippen LogP contribution in [-0.2, 0) is 0 Å². The lowest BCUT2D eigenvalue weighted by Gasteiger charge is -2.02. The number of nitrogens with one attached hydrogen (secondary N) is 2. The highest BCUT2D eigenvalue weighted by atomic mass is 16.2. The highest BCUT2D eigenvalue weighted by Crippen LogP contribution is 1.90. The molecule has 0 heterocycles. The Morgan fingerprint density at radius 1 is 1.00 bits per heavy atom. The molecule has 0 aliphatic carbocycles. The first kappa shape index (κ1) is 10.9. The summed E-state index contributed by atoms with van der Waals surface area (Å²) in [5, 5.41) is 14.8. The number of unbranched alkanes of at least 4 members (excludes halogenated alkanes) is 2. The second kappa shape index (κ2) is 9.88. The highest BCUT2D eigenvalue weighted by Gasteiger charge is 1.87. The molecule has 0 amide bonds. The summed E-state index contributed by atoms with van der Waals surface area (Å²) in [6, 6.07) is 0. The average molecular weight is 160 g/mol. The van der Waals surface area contributed by atoms with Gasteiger partial charge in [-0.3, -0.25) is 0 Å². The first-order valence-electron chi connectivity index (χ1n) is 4.38. The maximum atomic E-state index is 8.48. The zero-order chi connectivity index (χ0) is 8.36. The summed E-state index contributed by atoms with van der Waals surface area (Å²) in [6.07, 6.45) is 3.24. The Kier molecular flexibility index (Phi) is 9.77. The van der Waals surface area contributed by atoms with Gasteiger partial charge in [0.2, 0.25) is 0 Å². The van der Waals surface area contributed by atoms with E-state index in [9.17, 15) is 0 Å². The van der Waals surface area contributed by atoms with Crippen molar-refractivity contribution in [2.24, 2.45) is 0 Å². The van der Waals surface area contributed by atoms with E-state index in [1.54, 1.807) is 0 Å². The molecule has 0 radical (unpaired) electrons. The van der Waals surface area contributed by atoms with Crippen LogP contribution in [-0.4, -0.2) is 38.4 Å². The van der Waals surface area contributed by atoms with Crippen molar-refractivity contribution < 1.29 is 5.11 Å². The minimum Gasteiger partial charge on any atom is -0.396 e. The predicted molar refractivity (Wildman–Crippen MR) is 47.7 cm³/mol. The molecule has 0 fully saturated rings. The van der Waals surface area contributed by atoms with Gasteiger partial charge >= 0.3 is 0 Å². The summed E-state index contributed by atoms with van der Waals surface area (Å²) in [5.74, 6) is 0. The van der Waals surface area contributed by atoms with Gasteiger partial charge in [-0.05, 0) is 32.9 Å². The van der Waals surface area contributed by atoms with E-state index in [4.69, 9.17) is 5.11 Å². The second-order valence-corrected chi connectivity index (χ2v) is 2.64. The Morgan fingerprint density at radius 3 is 2.45 bits per heavy atom. The molecule has 11 heavy (non-hydrogen) atoms. The predicted octanol–water partition coefficient (Wildman–Crippen LogP) is -0.0420. The van der Waals surface area contributed by atoms with E-state index in [2.05, 4.69) is 10.6 Å². The largest absolute Gasteiger partial charge is 0.396 e. The van der Waals surface area contributed by atoms with Crippen LogP contribution in [0.5, 0.6) is 0 Å². The Bertz CT molecular complexity index is 61.1. The van der Waals surface area contributed by atoms with Gasteiger partial charge in [0.1, 0.15) is 0 Å². The third kappa shape index (κ3) is 9.88. The molecule has 0 unspecified atom stereocenters. The summed E-state index contributed by atoms with van der Waals surface area (Å²) in [4.78, 5) is 0. The average Bonchev–Trinajstić information content (AvgIpc) is 2.03. The van der Waals surface area contributed by atoms with Crippen LogP contribution in [0.15, 0.2) is 0 Å². The minimum absolute atomic E-state index is 0.330. The van der Waals surface area contributed by atoms with E-state index in [0.717, 1.165) is 32.5 Å². The van der Waals surface area contributed by atoms with Crippen molar-refractivity contribution in [3.05, 3.63) is 0 Å². The molecule has 0 spiro atoms. The molecular weight excluding hydrogens is 140 g/mol. The van der Waals surface area contributed by atoms with Crippen molar-refractivity contribution in [2.45, 2.75) is 19.3 Å². The van der Waals surface area contributed by atoms with Crippen LogP contribution in [0.25, 0.3) is 0 Å². The van der Waals surface area contributed by atoms with Crippen LogP contribution in [0.3, 0.4) is 0 Å². The Hall–Kier alpha value is -0.120. The second-order valence-electron chi connectivity index (χ2n) is 2.64. The molecule has 0 rings (SSSR count). The van der Waals surface area contributed by atoms with Crippen LogP contribution in [0, 0.1) is 0 Å². The van der Waals surface area contributed by atoms with Gasteiger partial charge in [0.15, 0.2) is 0 Å². The fraction of sp³-hybridized carbons (Fsp3) is 1.00. The third-order valence-corrected chi connectivity index (χ3v) is 1.56. The fourth-order valence-electron chi connectivity index (χ4n) is 0.877. The standard InChI is InChI=1S/C8H20N2O/c1-9-6-7-10-5-3-2-4-8-11/h9-11H,2-8H2,1H3. The Morgan fingerprint density at radius 2 is 1.82 bits per heavy atom. The van der Waals surface area contributed by atoms with Crippen molar-refractivity contribution in [1.29, 1.82) is 0 Å². The monoisotopic (exact) mass is 160 g/mol. The first-order valence-corrected chi connectivity index (χ1v) is 4.38. The Labute approximate surface area is 69.2 Å². The molecule has 3 nitrogen and oxygen atoms in total. The first-order chi connectivity index (χ1) is 5.41. The maximum absolute atomic E-state index is 8.48. The van der Waals surface area contributed by atoms with Crippen molar-refractivity contribution >= 4 is 0 Å². The quantitative estimate of drug-likeness (QED) is 0.436. The zero-order valence-corrected chi connectivity index (χ0v) is 7.40. The highest BCUT2D eigenvalue weighted by molar-refractivity contribution is 4.49. The van der Waals surface area contributed by atoms with Crippen molar-refractivity contribution in [2.75, 3.05) is 33.3 Å². The van der Waals surface area contributed by atoms with Crippen molar-refractivity contribution in [1.82, 2.24) is 10.6 Å². The lowest BCUT2D eigenvalue weighted by atomic mass is 10.2. The molecule has 0 saturated heterocycles. The van der Waals surface area contributed by atoms with Gasteiger partial charge in [-0.1, -0.05) is 0 Å². The maximum Gasteiger partial charge on any atom is 0.0431 e. The minimum atomic E-state index is 0.330. The molecule has 0 aromatic carbocycles. The van der Waals surface area contributed by atoms with E-state index in [1.807, 2.05) is 7.05 Å². The van der Waals surface area contributed by atoms with Crippen molar-refractivity contribution in [3.8, 4) is 0 Å². The van der Waals surface area contributed by atoms with Gasteiger partial charge in [0, 0.05) is 19.7 Å². The molecule has 0 bridgehead atoms. The van der Waals surface area contributed by atoms with Crippen molar-refractivity contribution in [3.63, 3.8) is 0 Å². The van der Waals surface area contributed by atoms with Gasteiger partial charge in [-0.15, -0.1) is 0 Å². The van der Waals surface area contributed by atoms with Gasteiger partial charge in [-0.2, -0.15) is 0 Å². The third-order valence-electron chi connectivity index (χ3n) is 1.56. The summed E-state index contributed by atoms with van der Waals surface area (Å²) < 4.78 is 0. The van der Waals surface area contributed by atoms with E-state index in [-0.39, 0.29) is 0 Å². The molecule has 3 heteroatoms. The number of hydrogen-bond acceptors (Lipinski definition) is 3. The van der Waals surface area contributed by atoms with Crippen LogP contribution >= 0.6 is 0 Å². The van der Waals surface area contributed by atoms with Gasteiger partial charge in [0.25, 0.3) is 0 Å². The molecule has 3 N–H and O–H groups in total. The van der Waals surface area contributed by atoms with Gasteiger partial charge < -0.3 is 15.7 Å². The number of likely N-dealkylation sites (N-methyl/N-ethyl adjacent to an activating group) is 1. The lowest BCUT2D eigenvalue weighted by molar-refractivity contribution is 0.283. The molecule has 0 atom stereocenters. The number of rotatable bonds is 8. The van der Waals surface area contributed by atoms with Gasteiger partial charge in [0.05, 0.1) is 0 Å². The van der Waals surface area contributed by atoms with Crippen LogP contribution in [0.4, 0.5) is 0 Å². The molecular formula is C8H20N2O. The molecule has 0 saturated carbocycles. The SMILES string of the molecule is CNCCNCCCCCO. The molecule has 0 aromatic heterocycles. The van der Waals surface area contributed by atoms with E-state index < -0.39 is 0 Å². The number of aliphatic hydroxyl groups excluding tert-OH is 1. The fourth-order valence-corrected chi connectivity index (χ4v) is 0.877. The smallest absolute Gasteiger partial charge is 0.0431 e. The lowest BCUT2D eigenvalue weighted by Crippen LogP contribution is -2.25. The zero-order valence-electron chi connectivity index (χ0n) is 7.40. The number of hydrogen-bond donors (Lipinski definition) is 3. The molecule has 68 valence electrons. The summed E-state index contributed by atoms with van der Waals surface area (Å²) >= 11 is 0. The van der Waals surface area contributed by atoms with Crippen LogP contribution in [0.1, 0.15) is 19.3 Å². The molecule has 0 aliphatic rings. The van der Waals surface area contributed by atoms with E-state index in [0.29, 0.717) is 6.61 Å². The van der Waals surface area contributed by atoms with E-state index >= 15 is 0 Å². The number of aliphatic hydroxyl groups is 1. The molecule has 0 aliphatic heterocycles.